The van der Waals surface area contributed by atoms with Crippen LogP contribution in [-0.4, -0.2) is 6.54 Å². The molecule has 1 aliphatic carbocycles. The third-order valence-electron chi connectivity index (χ3n) is 1.80. The van der Waals surface area contributed by atoms with Gasteiger partial charge in [0.25, 0.3) is 0 Å². The van der Waals surface area contributed by atoms with Crippen LogP contribution in [0.15, 0.2) is 24.3 Å². The molecule has 0 aromatic heterocycles. The number of allylic oxidation sites excluding steroid dienone is 3. The molecule has 1 aliphatic rings. The SMILES string of the molecule is C[C@@]1(CN)C=CC=CC1. The van der Waals surface area contributed by atoms with Crippen LogP contribution in [0.3, 0.4) is 0 Å². The lowest BCUT2D eigenvalue weighted by Crippen LogP contribution is -2.24. The second-order valence-corrected chi connectivity index (χ2v) is 2.85. The van der Waals surface area contributed by atoms with Gasteiger partial charge in [-0.3, -0.25) is 0 Å². The summed E-state index contributed by atoms with van der Waals surface area (Å²) < 4.78 is 0. The maximum Gasteiger partial charge on any atom is 0.00146 e. The van der Waals surface area contributed by atoms with E-state index < -0.39 is 0 Å². The van der Waals surface area contributed by atoms with E-state index in [2.05, 4.69) is 31.2 Å². The summed E-state index contributed by atoms with van der Waals surface area (Å²) in [6.07, 6.45) is 9.55. The average Bonchev–Trinajstić information content (AvgIpc) is 1.90. The van der Waals surface area contributed by atoms with Crippen LogP contribution in [0.2, 0.25) is 0 Å². The first-order valence-electron chi connectivity index (χ1n) is 3.31. The molecular formula is C8H13N. The monoisotopic (exact) mass is 123 g/mol. The fourth-order valence-electron chi connectivity index (χ4n) is 0.923. The second-order valence-electron chi connectivity index (χ2n) is 2.85. The predicted octanol–water partition coefficient (Wildman–Crippen LogP) is 1.47. The predicted molar refractivity (Wildman–Crippen MR) is 40.1 cm³/mol. The van der Waals surface area contributed by atoms with Crippen molar-refractivity contribution >= 4 is 0 Å². The Hall–Kier alpha value is -0.560. The summed E-state index contributed by atoms with van der Waals surface area (Å²) in [5, 5.41) is 0. The van der Waals surface area contributed by atoms with Gasteiger partial charge in [0, 0.05) is 12.0 Å². The summed E-state index contributed by atoms with van der Waals surface area (Å²) in [6, 6.07) is 0. The van der Waals surface area contributed by atoms with Crippen molar-refractivity contribution in [2.45, 2.75) is 13.3 Å². The molecule has 0 unspecified atom stereocenters. The summed E-state index contributed by atoms with van der Waals surface area (Å²) in [7, 11) is 0. The van der Waals surface area contributed by atoms with Gasteiger partial charge in [-0.15, -0.1) is 0 Å². The topological polar surface area (TPSA) is 26.0 Å². The standard InChI is InChI=1S/C8H13N/c1-8(7-9)5-3-2-4-6-8/h2-5H,6-7,9H2,1H3/t8-/m1/s1. The lowest BCUT2D eigenvalue weighted by Gasteiger charge is -2.23. The molecule has 0 saturated carbocycles. The smallest absolute Gasteiger partial charge is 0.00146 e. The quantitative estimate of drug-likeness (QED) is 0.561. The minimum absolute atomic E-state index is 0.231. The lowest BCUT2D eigenvalue weighted by molar-refractivity contribution is 0.443. The maximum atomic E-state index is 5.55. The van der Waals surface area contributed by atoms with E-state index in [0.717, 1.165) is 13.0 Å². The molecule has 0 bridgehead atoms. The van der Waals surface area contributed by atoms with Gasteiger partial charge in [-0.1, -0.05) is 31.2 Å². The van der Waals surface area contributed by atoms with Gasteiger partial charge in [-0.05, 0) is 6.42 Å². The van der Waals surface area contributed by atoms with Gasteiger partial charge in [-0.25, -0.2) is 0 Å². The van der Waals surface area contributed by atoms with Crippen LogP contribution in [0.5, 0.6) is 0 Å². The van der Waals surface area contributed by atoms with E-state index in [1.54, 1.807) is 0 Å². The molecule has 2 N–H and O–H groups in total. The van der Waals surface area contributed by atoms with Crippen molar-refractivity contribution in [3.05, 3.63) is 24.3 Å². The Labute approximate surface area is 56.2 Å². The molecule has 0 aliphatic heterocycles. The number of hydrogen-bond donors (Lipinski definition) is 1. The Morgan fingerprint density at radius 1 is 1.56 bits per heavy atom. The fourth-order valence-corrected chi connectivity index (χ4v) is 0.923. The highest BCUT2D eigenvalue weighted by atomic mass is 14.6. The Balaban J connectivity index is 2.63. The van der Waals surface area contributed by atoms with E-state index in [0.29, 0.717) is 0 Å². The van der Waals surface area contributed by atoms with Gasteiger partial charge >= 0.3 is 0 Å². The van der Waals surface area contributed by atoms with Crippen molar-refractivity contribution in [3.63, 3.8) is 0 Å². The van der Waals surface area contributed by atoms with Gasteiger partial charge in [0.2, 0.25) is 0 Å². The van der Waals surface area contributed by atoms with E-state index in [1.165, 1.54) is 0 Å². The summed E-state index contributed by atoms with van der Waals surface area (Å²) >= 11 is 0. The van der Waals surface area contributed by atoms with Gasteiger partial charge in [-0.2, -0.15) is 0 Å². The van der Waals surface area contributed by atoms with Crippen LogP contribution in [0.25, 0.3) is 0 Å². The molecule has 0 heterocycles. The van der Waals surface area contributed by atoms with Gasteiger partial charge < -0.3 is 5.73 Å². The molecule has 50 valence electrons. The third-order valence-corrected chi connectivity index (χ3v) is 1.80. The summed E-state index contributed by atoms with van der Waals surface area (Å²) in [5.74, 6) is 0. The molecule has 1 rings (SSSR count). The summed E-state index contributed by atoms with van der Waals surface area (Å²) in [4.78, 5) is 0. The molecule has 1 atom stereocenters. The first-order valence-corrected chi connectivity index (χ1v) is 3.31. The van der Waals surface area contributed by atoms with Crippen LogP contribution < -0.4 is 5.73 Å². The molecule has 0 aromatic rings. The zero-order chi connectivity index (χ0) is 6.74. The van der Waals surface area contributed by atoms with Crippen LogP contribution in [0, 0.1) is 5.41 Å². The van der Waals surface area contributed by atoms with Gasteiger partial charge in [0.05, 0.1) is 0 Å². The molecular weight excluding hydrogens is 110 g/mol. The minimum atomic E-state index is 0.231. The van der Waals surface area contributed by atoms with Crippen LogP contribution in [0.1, 0.15) is 13.3 Å². The zero-order valence-corrected chi connectivity index (χ0v) is 5.80. The van der Waals surface area contributed by atoms with Crippen molar-refractivity contribution in [1.29, 1.82) is 0 Å². The van der Waals surface area contributed by atoms with Crippen LogP contribution >= 0.6 is 0 Å². The first-order chi connectivity index (χ1) is 4.27. The van der Waals surface area contributed by atoms with Crippen molar-refractivity contribution in [2.75, 3.05) is 6.54 Å². The largest absolute Gasteiger partial charge is 0.330 e. The van der Waals surface area contributed by atoms with Crippen molar-refractivity contribution in [1.82, 2.24) is 0 Å². The summed E-state index contributed by atoms with van der Waals surface area (Å²) in [6.45, 7) is 2.92. The Morgan fingerprint density at radius 2 is 2.33 bits per heavy atom. The number of hydrogen-bond acceptors (Lipinski definition) is 1. The van der Waals surface area contributed by atoms with Crippen molar-refractivity contribution in [2.24, 2.45) is 11.1 Å². The second kappa shape index (κ2) is 2.36. The van der Waals surface area contributed by atoms with Crippen LogP contribution in [0.4, 0.5) is 0 Å². The maximum absolute atomic E-state index is 5.55. The first kappa shape index (κ1) is 6.56. The Kier molecular flexibility index (Phi) is 1.72. The van der Waals surface area contributed by atoms with Gasteiger partial charge in [0.15, 0.2) is 0 Å². The number of rotatable bonds is 1. The molecule has 1 heteroatoms. The normalized spacial score (nSPS) is 33.1. The lowest BCUT2D eigenvalue weighted by atomic mass is 9.84. The fraction of sp³-hybridized carbons (Fsp3) is 0.500. The highest BCUT2D eigenvalue weighted by Crippen LogP contribution is 2.24. The Bertz CT molecular complexity index is 147. The highest BCUT2D eigenvalue weighted by molar-refractivity contribution is 5.15. The van der Waals surface area contributed by atoms with E-state index in [-0.39, 0.29) is 5.41 Å². The molecule has 0 aromatic carbocycles. The molecule has 0 saturated heterocycles. The molecule has 1 nitrogen and oxygen atoms in total. The van der Waals surface area contributed by atoms with E-state index in [4.69, 9.17) is 5.73 Å². The summed E-state index contributed by atoms with van der Waals surface area (Å²) in [5.41, 5.74) is 5.78. The van der Waals surface area contributed by atoms with E-state index in [1.807, 2.05) is 0 Å². The molecule has 0 amide bonds. The van der Waals surface area contributed by atoms with Crippen molar-refractivity contribution < 1.29 is 0 Å². The van der Waals surface area contributed by atoms with E-state index in [9.17, 15) is 0 Å². The van der Waals surface area contributed by atoms with Crippen molar-refractivity contribution in [3.8, 4) is 0 Å². The average molecular weight is 123 g/mol. The Morgan fingerprint density at radius 3 is 2.67 bits per heavy atom. The molecule has 0 spiro atoms. The molecule has 0 fully saturated rings. The minimum Gasteiger partial charge on any atom is -0.330 e. The third kappa shape index (κ3) is 1.42. The zero-order valence-electron chi connectivity index (χ0n) is 5.80. The number of nitrogens with two attached hydrogens (primary N) is 1. The molecule has 9 heavy (non-hydrogen) atoms. The van der Waals surface area contributed by atoms with E-state index >= 15 is 0 Å². The van der Waals surface area contributed by atoms with Crippen LogP contribution in [-0.2, 0) is 0 Å². The van der Waals surface area contributed by atoms with Gasteiger partial charge in [0.1, 0.15) is 0 Å². The highest BCUT2D eigenvalue weighted by Gasteiger charge is 2.17. The molecule has 0 radical (unpaired) electrons.